The highest BCUT2D eigenvalue weighted by Crippen LogP contribution is 2.32. The Bertz CT molecular complexity index is 981. The molecule has 0 spiro atoms. The third kappa shape index (κ3) is 1.81. The first kappa shape index (κ1) is 12.6. The van der Waals surface area contributed by atoms with Crippen LogP contribution >= 0.6 is 22.9 Å². The van der Waals surface area contributed by atoms with E-state index >= 15 is 0 Å². The summed E-state index contributed by atoms with van der Waals surface area (Å²) in [7, 11) is 0. The average molecular weight is 316 g/mol. The summed E-state index contributed by atoms with van der Waals surface area (Å²) in [4.78, 5) is 15.9. The quantitative estimate of drug-likeness (QED) is 0.580. The number of aromatic nitrogens is 3. The van der Waals surface area contributed by atoms with E-state index < -0.39 is 0 Å². The Balaban J connectivity index is 2.09. The van der Waals surface area contributed by atoms with Crippen molar-refractivity contribution in [2.75, 3.05) is 0 Å². The molecule has 0 atom stereocenters. The Hall–Kier alpha value is -2.11. The third-order valence-electron chi connectivity index (χ3n) is 3.49. The molecule has 0 bridgehead atoms. The topological polar surface area (TPSA) is 50.7 Å². The van der Waals surface area contributed by atoms with Crippen molar-refractivity contribution in [2.45, 2.75) is 6.92 Å². The van der Waals surface area contributed by atoms with E-state index in [1.165, 1.54) is 4.68 Å². The molecule has 0 amide bonds. The van der Waals surface area contributed by atoms with Gasteiger partial charge in [-0.05, 0) is 42.6 Å². The maximum Gasteiger partial charge on any atom is 0.282 e. The second kappa shape index (κ2) is 4.44. The van der Waals surface area contributed by atoms with Crippen LogP contribution in [0.5, 0.6) is 0 Å². The van der Waals surface area contributed by atoms with E-state index in [2.05, 4.69) is 10.1 Å². The number of H-pyrrole nitrogens is 1. The predicted molar refractivity (Wildman–Crippen MR) is 85.9 cm³/mol. The van der Waals surface area contributed by atoms with E-state index in [0.29, 0.717) is 16.3 Å². The summed E-state index contributed by atoms with van der Waals surface area (Å²) >= 11 is 7.47. The van der Waals surface area contributed by atoms with Gasteiger partial charge in [-0.2, -0.15) is 9.78 Å². The molecule has 1 N–H and O–H groups in total. The number of nitrogens with one attached hydrogen (secondary N) is 1. The number of hydrogen-bond acceptors (Lipinski definition) is 3. The van der Waals surface area contributed by atoms with E-state index in [4.69, 9.17) is 11.6 Å². The van der Waals surface area contributed by atoms with Gasteiger partial charge in [-0.1, -0.05) is 11.6 Å². The smallest absolute Gasteiger partial charge is 0.282 e. The molecule has 0 aliphatic carbocycles. The number of thiophene rings is 1. The third-order valence-corrected chi connectivity index (χ3v) is 4.66. The van der Waals surface area contributed by atoms with Crippen molar-refractivity contribution in [3.8, 4) is 16.9 Å². The fraction of sp³-hybridized carbons (Fsp3) is 0.0667. The molecule has 1 aromatic heterocycles. The molecule has 3 heterocycles. The summed E-state index contributed by atoms with van der Waals surface area (Å²) in [6, 6.07) is 9.09. The standard InChI is InChI=1S/C15H10ClN3OS/c1-8-12-13(14-11(17-8)6-7-21-14)18-19(15(12)20)10-4-2-9(16)3-5-10/h2-7,17H,1H3. The van der Waals surface area contributed by atoms with Crippen LogP contribution in [0.15, 0.2) is 40.5 Å². The van der Waals surface area contributed by atoms with Crippen LogP contribution < -0.4 is 5.56 Å². The van der Waals surface area contributed by atoms with Gasteiger partial charge in [0.25, 0.3) is 5.56 Å². The predicted octanol–water partition coefficient (Wildman–Crippen LogP) is 3.84. The maximum atomic E-state index is 12.7. The molecular weight excluding hydrogens is 306 g/mol. The highest BCUT2D eigenvalue weighted by molar-refractivity contribution is 7.17. The van der Waals surface area contributed by atoms with Gasteiger partial charge in [0.05, 0.1) is 21.5 Å². The van der Waals surface area contributed by atoms with Crippen LogP contribution in [-0.2, 0) is 0 Å². The summed E-state index contributed by atoms with van der Waals surface area (Å²) in [6.07, 6.45) is 0. The number of rotatable bonds is 1. The Morgan fingerprint density at radius 3 is 2.76 bits per heavy atom. The molecule has 0 saturated heterocycles. The van der Waals surface area contributed by atoms with Crippen LogP contribution in [0, 0.1) is 6.92 Å². The molecular formula is C15H10ClN3OS. The van der Waals surface area contributed by atoms with E-state index in [9.17, 15) is 4.79 Å². The number of halogens is 1. The van der Waals surface area contributed by atoms with Crippen LogP contribution in [0.2, 0.25) is 5.02 Å². The zero-order chi connectivity index (χ0) is 14.6. The minimum Gasteiger partial charge on any atom is -0.357 e. The monoisotopic (exact) mass is 315 g/mol. The summed E-state index contributed by atoms with van der Waals surface area (Å²) < 4.78 is 2.43. The van der Waals surface area contributed by atoms with Gasteiger partial charge in [0, 0.05) is 10.7 Å². The first-order chi connectivity index (χ1) is 10.1. The molecule has 0 radical (unpaired) electrons. The Morgan fingerprint density at radius 1 is 1.24 bits per heavy atom. The van der Waals surface area contributed by atoms with Gasteiger partial charge in [-0.3, -0.25) is 4.79 Å². The SMILES string of the molecule is Cc1[nH]c2ccsc2c2nn(-c3ccc(Cl)cc3)c(=O)c1-2. The number of aromatic amines is 1. The molecule has 4 nitrogen and oxygen atoms in total. The van der Waals surface area contributed by atoms with Gasteiger partial charge in [-0.25, -0.2) is 0 Å². The van der Waals surface area contributed by atoms with Gasteiger partial charge in [-0.15, -0.1) is 11.3 Å². The molecule has 2 aromatic rings. The van der Waals surface area contributed by atoms with Crippen LogP contribution in [0.4, 0.5) is 0 Å². The van der Waals surface area contributed by atoms with Crippen molar-refractivity contribution in [1.29, 1.82) is 0 Å². The molecule has 0 saturated carbocycles. The minimum atomic E-state index is -0.114. The van der Waals surface area contributed by atoms with Crippen molar-refractivity contribution in [3.05, 3.63) is 56.8 Å². The number of aryl methyl sites for hydroxylation is 1. The second-order valence-corrected chi connectivity index (χ2v) is 6.18. The first-order valence-electron chi connectivity index (χ1n) is 6.40. The lowest BCUT2D eigenvalue weighted by Gasteiger charge is -2.01. The zero-order valence-electron chi connectivity index (χ0n) is 11.1. The lowest BCUT2D eigenvalue weighted by molar-refractivity contribution is 0.859. The molecule has 2 aliphatic heterocycles. The summed E-state index contributed by atoms with van der Waals surface area (Å²) in [5.74, 6) is 0. The number of nitrogens with zero attached hydrogens (tertiary/aromatic N) is 2. The van der Waals surface area contributed by atoms with Crippen LogP contribution in [0.1, 0.15) is 5.69 Å². The summed E-state index contributed by atoms with van der Waals surface area (Å²) in [5.41, 5.74) is 3.82. The van der Waals surface area contributed by atoms with E-state index in [0.717, 1.165) is 21.6 Å². The van der Waals surface area contributed by atoms with Crippen molar-refractivity contribution < 1.29 is 0 Å². The fourth-order valence-electron chi connectivity index (χ4n) is 2.51. The van der Waals surface area contributed by atoms with Crippen LogP contribution in [0.25, 0.3) is 27.2 Å². The van der Waals surface area contributed by atoms with Crippen LogP contribution in [-0.4, -0.2) is 14.8 Å². The summed E-state index contributed by atoms with van der Waals surface area (Å²) in [5, 5.41) is 7.15. The summed E-state index contributed by atoms with van der Waals surface area (Å²) in [6.45, 7) is 1.90. The molecule has 4 rings (SSSR count). The van der Waals surface area contributed by atoms with E-state index in [1.807, 2.05) is 18.4 Å². The van der Waals surface area contributed by atoms with Gasteiger partial charge < -0.3 is 4.98 Å². The first-order valence-corrected chi connectivity index (χ1v) is 7.65. The average Bonchev–Trinajstić information content (AvgIpc) is 3.05. The van der Waals surface area contributed by atoms with E-state index in [-0.39, 0.29) is 5.56 Å². The minimum absolute atomic E-state index is 0.114. The highest BCUT2D eigenvalue weighted by atomic mass is 35.5. The maximum absolute atomic E-state index is 12.7. The number of fused-ring (bicyclic) bond motifs is 3. The number of hydrogen-bond donors (Lipinski definition) is 1. The Labute approximate surface area is 129 Å². The van der Waals surface area contributed by atoms with Crippen molar-refractivity contribution >= 4 is 33.2 Å². The Kier molecular flexibility index (Phi) is 2.67. The fourth-order valence-corrected chi connectivity index (χ4v) is 3.48. The van der Waals surface area contributed by atoms with Crippen molar-refractivity contribution in [1.82, 2.24) is 14.8 Å². The van der Waals surface area contributed by atoms with E-state index in [1.54, 1.807) is 35.6 Å². The second-order valence-electron chi connectivity index (χ2n) is 4.83. The highest BCUT2D eigenvalue weighted by Gasteiger charge is 2.22. The van der Waals surface area contributed by atoms with Crippen LogP contribution in [0.3, 0.4) is 0 Å². The molecule has 0 fully saturated rings. The molecule has 6 heteroatoms. The van der Waals surface area contributed by atoms with Gasteiger partial charge in [0.15, 0.2) is 0 Å². The normalized spacial score (nSPS) is 11.5. The lowest BCUT2D eigenvalue weighted by atomic mass is 10.1. The van der Waals surface area contributed by atoms with Gasteiger partial charge in [0.2, 0.25) is 0 Å². The molecule has 2 aliphatic rings. The number of benzene rings is 1. The van der Waals surface area contributed by atoms with Gasteiger partial charge >= 0.3 is 0 Å². The number of pyridine rings is 1. The molecule has 1 aromatic carbocycles. The molecule has 0 unspecified atom stereocenters. The molecule has 21 heavy (non-hydrogen) atoms. The molecule has 104 valence electrons. The largest absolute Gasteiger partial charge is 0.357 e. The Morgan fingerprint density at radius 2 is 2.00 bits per heavy atom. The van der Waals surface area contributed by atoms with Crippen molar-refractivity contribution in [2.24, 2.45) is 0 Å². The zero-order valence-corrected chi connectivity index (χ0v) is 12.6. The van der Waals surface area contributed by atoms with Gasteiger partial charge in [0.1, 0.15) is 5.69 Å². The lowest BCUT2D eigenvalue weighted by Crippen LogP contribution is -2.15. The van der Waals surface area contributed by atoms with Crippen molar-refractivity contribution in [3.63, 3.8) is 0 Å².